The third kappa shape index (κ3) is 1.66. The number of azide groups is 1. The number of aliphatic carboxylic acids is 1. The fourth-order valence-electron chi connectivity index (χ4n) is 1.73. The SMILES string of the molecule is [N-]=[N+]=Nc1cccc2c1C(=O)N(CC(=O)O)C2=O. The van der Waals surface area contributed by atoms with Crippen LogP contribution in [0.2, 0.25) is 0 Å². The molecule has 0 bridgehead atoms. The van der Waals surface area contributed by atoms with Crippen LogP contribution in [0.1, 0.15) is 20.7 Å². The van der Waals surface area contributed by atoms with Crippen molar-refractivity contribution < 1.29 is 19.5 Å². The van der Waals surface area contributed by atoms with E-state index in [-0.39, 0.29) is 16.8 Å². The van der Waals surface area contributed by atoms with Crippen molar-refractivity contribution in [2.75, 3.05) is 6.54 Å². The Hall–Kier alpha value is -2.86. The van der Waals surface area contributed by atoms with Crippen molar-refractivity contribution in [2.45, 2.75) is 0 Å². The lowest BCUT2D eigenvalue weighted by atomic mass is 10.1. The van der Waals surface area contributed by atoms with Gasteiger partial charge in [0.25, 0.3) is 11.8 Å². The van der Waals surface area contributed by atoms with Gasteiger partial charge in [0, 0.05) is 4.91 Å². The van der Waals surface area contributed by atoms with Gasteiger partial charge in [0.2, 0.25) is 0 Å². The van der Waals surface area contributed by atoms with E-state index in [0.717, 1.165) is 0 Å². The summed E-state index contributed by atoms with van der Waals surface area (Å²) in [4.78, 5) is 37.4. The van der Waals surface area contributed by atoms with Crippen molar-refractivity contribution >= 4 is 23.5 Å². The number of carboxylic acid groups (broad SMARTS) is 1. The summed E-state index contributed by atoms with van der Waals surface area (Å²) >= 11 is 0. The lowest BCUT2D eigenvalue weighted by Crippen LogP contribution is -2.34. The molecule has 0 aromatic heterocycles. The first-order valence-electron chi connectivity index (χ1n) is 4.82. The summed E-state index contributed by atoms with van der Waals surface area (Å²) in [5.41, 5.74) is 8.38. The predicted molar refractivity (Wildman–Crippen MR) is 58.3 cm³/mol. The lowest BCUT2D eigenvalue weighted by Gasteiger charge is -2.09. The van der Waals surface area contributed by atoms with E-state index in [2.05, 4.69) is 10.0 Å². The monoisotopic (exact) mass is 246 g/mol. The van der Waals surface area contributed by atoms with Gasteiger partial charge >= 0.3 is 5.97 Å². The zero-order chi connectivity index (χ0) is 13.3. The zero-order valence-corrected chi connectivity index (χ0v) is 8.90. The Balaban J connectivity index is 2.55. The number of fused-ring (bicyclic) bond motifs is 1. The molecule has 18 heavy (non-hydrogen) atoms. The minimum absolute atomic E-state index is 0.0150. The number of hydrogen-bond acceptors (Lipinski definition) is 4. The molecule has 0 saturated carbocycles. The number of nitrogens with zero attached hydrogens (tertiary/aromatic N) is 4. The number of carbonyl (C=O) groups excluding carboxylic acids is 2. The first kappa shape index (κ1) is 11.6. The van der Waals surface area contributed by atoms with Gasteiger partial charge in [-0.15, -0.1) is 0 Å². The average Bonchev–Trinajstić information content (AvgIpc) is 2.56. The maximum Gasteiger partial charge on any atom is 0.323 e. The summed E-state index contributed by atoms with van der Waals surface area (Å²) in [6.07, 6.45) is 0. The third-order valence-electron chi connectivity index (χ3n) is 2.42. The van der Waals surface area contributed by atoms with E-state index >= 15 is 0 Å². The fraction of sp³-hybridized carbons (Fsp3) is 0.100. The summed E-state index contributed by atoms with van der Waals surface area (Å²) < 4.78 is 0. The lowest BCUT2D eigenvalue weighted by molar-refractivity contribution is -0.137. The van der Waals surface area contributed by atoms with E-state index in [4.69, 9.17) is 10.6 Å². The minimum Gasteiger partial charge on any atom is -0.480 e. The van der Waals surface area contributed by atoms with E-state index in [0.29, 0.717) is 4.90 Å². The first-order chi connectivity index (χ1) is 8.56. The number of amides is 2. The van der Waals surface area contributed by atoms with Gasteiger partial charge in [-0.2, -0.15) is 0 Å². The van der Waals surface area contributed by atoms with Crippen LogP contribution < -0.4 is 0 Å². The Morgan fingerprint density at radius 2 is 2.11 bits per heavy atom. The molecule has 2 amide bonds. The molecule has 1 N–H and O–H groups in total. The maximum absolute atomic E-state index is 11.9. The molecule has 2 rings (SSSR count). The maximum atomic E-state index is 11.9. The molecule has 8 nitrogen and oxygen atoms in total. The topological polar surface area (TPSA) is 123 Å². The molecule has 0 aliphatic carbocycles. The van der Waals surface area contributed by atoms with Crippen LogP contribution in [0.4, 0.5) is 5.69 Å². The van der Waals surface area contributed by atoms with Gasteiger partial charge in [-0.25, -0.2) is 0 Å². The van der Waals surface area contributed by atoms with E-state index in [1.165, 1.54) is 18.2 Å². The zero-order valence-electron chi connectivity index (χ0n) is 8.90. The van der Waals surface area contributed by atoms with Crippen molar-refractivity contribution in [1.82, 2.24) is 4.90 Å². The molecular weight excluding hydrogens is 240 g/mol. The Morgan fingerprint density at radius 1 is 1.39 bits per heavy atom. The van der Waals surface area contributed by atoms with Gasteiger partial charge in [0.05, 0.1) is 16.8 Å². The molecule has 1 aliphatic heterocycles. The van der Waals surface area contributed by atoms with Crippen molar-refractivity contribution in [3.63, 3.8) is 0 Å². The normalized spacial score (nSPS) is 13.2. The highest BCUT2D eigenvalue weighted by molar-refractivity contribution is 6.24. The number of imide groups is 1. The van der Waals surface area contributed by atoms with E-state index < -0.39 is 24.3 Å². The molecule has 0 unspecified atom stereocenters. The van der Waals surface area contributed by atoms with Crippen LogP contribution in [0, 0.1) is 0 Å². The van der Waals surface area contributed by atoms with Crippen LogP contribution in [-0.2, 0) is 4.79 Å². The predicted octanol–water partition coefficient (Wildman–Crippen LogP) is 1.31. The summed E-state index contributed by atoms with van der Waals surface area (Å²) in [5.74, 6) is -2.76. The molecule has 0 radical (unpaired) electrons. The summed E-state index contributed by atoms with van der Waals surface area (Å²) in [7, 11) is 0. The molecule has 90 valence electrons. The van der Waals surface area contributed by atoms with Crippen LogP contribution in [0.15, 0.2) is 23.3 Å². The molecule has 8 heteroatoms. The number of rotatable bonds is 3. The van der Waals surface area contributed by atoms with Gasteiger partial charge in [0.1, 0.15) is 6.54 Å². The Bertz CT molecular complexity index is 618. The van der Waals surface area contributed by atoms with E-state index in [1.54, 1.807) is 0 Å². The Morgan fingerprint density at radius 3 is 2.72 bits per heavy atom. The van der Waals surface area contributed by atoms with Crippen LogP contribution in [0.25, 0.3) is 10.4 Å². The molecule has 1 heterocycles. The Kier molecular flexibility index (Phi) is 2.70. The average molecular weight is 246 g/mol. The quantitative estimate of drug-likeness (QED) is 0.373. The van der Waals surface area contributed by atoms with E-state index in [1.807, 2.05) is 0 Å². The second kappa shape index (κ2) is 4.19. The molecule has 1 aromatic carbocycles. The molecular formula is C10H6N4O4. The van der Waals surface area contributed by atoms with E-state index in [9.17, 15) is 14.4 Å². The molecule has 0 fully saturated rings. The fourth-order valence-corrected chi connectivity index (χ4v) is 1.73. The van der Waals surface area contributed by atoms with Crippen LogP contribution in [-0.4, -0.2) is 34.3 Å². The molecule has 1 aromatic rings. The highest BCUT2D eigenvalue weighted by atomic mass is 16.4. The smallest absolute Gasteiger partial charge is 0.323 e. The third-order valence-corrected chi connectivity index (χ3v) is 2.42. The standard InChI is InChI=1S/C10H6N4O4/c11-13-12-6-3-1-2-5-8(6)10(18)14(9(5)17)4-7(15)16/h1-3H,4H2,(H,15,16). The van der Waals surface area contributed by atoms with Crippen molar-refractivity contribution in [3.8, 4) is 0 Å². The van der Waals surface area contributed by atoms with Crippen molar-refractivity contribution in [2.24, 2.45) is 5.11 Å². The second-order valence-corrected chi connectivity index (χ2v) is 3.48. The number of benzene rings is 1. The molecule has 0 spiro atoms. The second-order valence-electron chi connectivity index (χ2n) is 3.48. The highest BCUT2D eigenvalue weighted by Crippen LogP contribution is 2.30. The van der Waals surface area contributed by atoms with Gasteiger partial charge in [-0.05, 0) is 11.6 Å². The van der Waals surface area contributed by atoms with Crippen LogP contribution >= 0.6 is 0 Å². The van der Waals surface area contributed by atoms with Gasteiger partial charge in [0.15, 0.2) is 0 Å². The van der Waals surface area contributed by atoms with Crippen molar-refractivity contribution in [3.05, 3.63) is 39.8 Å². The van der Waals surface area contributed by atoms with Crippen LogP contribution in [0.3, 0.4) is 0 Å². The summed E-state index contributed by atoms with van der Waals surface area (Å²) in [5, 5.41) is 11.9. The molecule has 1 aliphatic rings. The minimum atomic E-state index is -1.30. The molecule has 0 atom stereocenters. The summed E-state index contributed by atoms with van der Waals surface area (Å²) in [6, 6.07) is 4.22. The Labute approximate surface area is 100 Å². The highest BCUT2D eigenvalue weighted by Gasteiger charge is 2.38. The number of carbonyl (C=O) groups is 3. The van der Waals surface area contributed by atoms with Gasteiger partial charge < -0.3 is 5.11 Å². The number of carboxylic acids is 1. The van der Waals surface area contributed by atoms with Gasteiger partial charge in [-0.1, -0.05) is 17.2 Å². The molecule has 0 saturated heterocycles. The number of hydrogen-bond donors (Lipinski definition) is 1. The largest absolute Gasteiger partial charge is 0.480 e. The first-order valence-corrected chi connectivity index (χ1v) is 4.82. The van der Waals surface area contributed by atoms with Crippen molar-refractivity contribution in [1.29, 1.82) is 0 Å². The van der Waals surface area contributed by atoms with Gasteiger partial charge in [-0.3, -0.25) is 19.3 Å². The summed E-state index contributed by atoms with van der Waals surface area (Å²) in [6.45, 7) is -0.720. The van der Waals surface area contributed by atoms with Crippen LogP contribution in [0.5, 0.6) is 0 Å².